The standard InChI is InChI=1S/C24H48N6O8.CH2O2/c1-2-27-5-7-28(19-22(31)26-4-14-37-16-18-38-17-15-36-13-3-25)9-10-30(21-24(34)35)12-11-29(8-6-27)20-23(32)33;2-1-3/h2-21,25H2,1H3,(H,26,31)(H,32,33)(H,34,35);1H,(H,2,3). The number of hydrogen-bond donors (Lipinski definition) is 5. The quantitative estimate of drug-likeness (QED) is 0.0803. The minimum absolute atomic E-state index is 0.0777. The van der Waals surface area contributed by atoms with E-state index in [0.29, 0.717) is 98.5 Å². The highest BCUT2D eigenvalue weighted by Crippen LogP contribution is 2.01. The molecule has 1 heterocycles. The Balaban J connectivity index is 0.00000509. The first kappa shape index (κ1) is 38.6. The number of carbonyl (C=O) groups is 4. The molecule has 16 nitrogen and oxygen atoms in total. The lowest BCUT2D eigenvalue weighted by atomic mass is 10.3. The van der Waals surface area contributed by atoms with E-state index in [2.05, 4.69) is 17.1 Å². The van der Waals surface area contributed by atoms with Crippen molar-refractivity contribution >= 4 is 24.3 Å². The molecule has 0 aromatic heterocycles. The van der Waals surface area contributed by atoms with Gasteiger partial charge in [0.25, 0.3) is 6.47 Å². The summed E-state index contributed by atoms with van der Waals surface area (Å²) in [5.41, 5.74) is 5.34. The molecule has 0 aromatic carbocycles. The first-order chi connectivity index (χ1) is 19.7. The zero-order chi connectivity index (χ0) is 30.7. The second kappa shape index (κ2) is 26.5. The number of nitrogens with zero attached hydrogens (tertiary/aromatic N) is 4. The summed E-state index contributed by atoms with van der Waals surface area (Å²) in [6.45, 7) is 10.8. The smallest absolute Gasteiger partial charge is 0.317 e. The van der Waals surface area contributed by atoms with Crippen molar-refractivity contribution in [1.29, 1.82) is 0 Å². The van der Waals surface area contributed by atoms with Crippen molar-refractivity contribution in [2.45, 2.75) is 6.92 Å². The van der Waals surface area contributed by atoms with Gasteiger partial charge < -0.3 is 45.5 Å². The maximum atomic E-state index is 12.6. The molecule has 0 radical (unpaired) electrons. The summed E-state index contributed by atoms with van der Waals surface area (Å²) in [6.07, 6.45) is 0. The molecule has 0 atom stereocenters. The van der Waals surface area contributed by atoms with E-state index in [-0.39, 0.29) is 32.0 Å². The maximum Gasteiger partial charge on any atom is 0.317 e. The number of ether oxygens (including phenoxy) is 3. The monoisotopic (exact) mass is 594 g/mol. The molecular formula is C25H50N6O10. The zero-order valence-corrected chi connectivity index (χ0v) is 24.3. The molecule has 1 fully saturated rings. The number of nitrogens with two attached hydrogens (primary N) is 1. The van der Waals surface area contributed by atoms with Crippen LogP contribution in [0.15, 0.2) is 0 Å². The van der Waals surface area contributed by atoms with Gasteiger partial charge in [-0.05, 0) is 6.54 Å². The van der Waals surface area contributed by atoms with E-state index in [0.717, 1.165) is 13.1 Å². The number of carboxylic acids is 2. The molecular weight excluding hydrogens is 544 g/mol. The molecule has 0 saturated carbocycles. The molecule has 1 saturated heterocycles. The Kier molecular flexibility index (Phi) is 24.9. The van der Waals surface area contributed by atoms with Crippen molar-refractivity contribution in [3.05, 3.63) is 0 Å². The van der Waals surface area contributed by atoms with Crippen molar-refractivity contribution in [2.24, 2.45) is 5.73 Å². The summed E-state index contributed by atoms with van der Waals surface area (Å²) < 4.78 is 16.1. The summed E-state index contributed by atoms with van der Waals surface area (Å²) in [5.74, 6) is -1.95. The number of carbonyl (C=O) groups excluding carboxylic acids is 1. The molecule has 240 valence electrons. The van der Waals surface area contributed by atoms with Crippen LogP contribution in [0.1, 0.15) is 6.92 Å². The first-order valence-electron chi connectivity index (χ1n) is 13.9. The van der Waals surface area contributed by atoms with Gasteiger partial charge in [-0.1, -0.05) is 6.92 Å². The number of aliphatic carboxylic acids is 2. The number of amides is 1. The van der Waals surface area contributed by atoms with E-state index < -0.39 is 11.9 Å². The fourth-order valence-electron chi connectivity index (χ4n) is 3.90. The molecule has 16 heteroatoms. The van der Waals surface area contributed by atoms with Crippen LogP contribution in [-0.4, -0.2) is 191 Å². The normalized spacial score (nSPS) is 16.5. The second-order valence-electron chi connectivity index (χ2n) is 9.13. The molecule has 0 spiro atoms. The number of hydrogen-bond acceptors (Lipinski definition) is 12. The molecule has 0 aliphatic carbocycles. The van der Waals surface area contributed by atoms with Crippen LogP contribution in [0.25, 0.3) is 0 Å². The van der Waals surface area contributed by atoms with Gasteiger partial charge in [0, 0.05) is 65.4 Å². The highest BCUT2D eigenvalue weighted by Gasteiger charge is 2.19. The van der Waals surface area contributed by atoms with E-state index in [9.17, 15) is 24.6 Å². The predicted octanol–water partition coefficient (Wildman–Crippen LogP) is -2.78. The lowest BCUT2D eigenvalue weighted by Gasteiger charge is -2.33. The van der Waals surface area contributed by atoms with Gasteiger partial charge in [-0.25, -0.2) is 0 Å². The third-order valence-corrected chi connectivity index (χ3v) is 6.04. The lowest BCUT2D eigenvalue weighted by Crippen LogP contribution is -2.49. The van der Waals surface area contributed by atoms with Gasteiger partial charge in [0.15, 0.2) is 0 Å². The van der Waals surface area contributed by atoms with Gasteiger partial charge in [0.2, 0.25) is 5.91 Å². The Bertz CT molecular complexity index is 706. The fraction of sp³-hybridized carbons (Fsp3) is 0.840. The fourth-order valence-corrected chi connectivity index (χ4v) is 3.90. The summed E-state index contributed by atoms with van der Waals surface area (Å²) >= 11 is 0. The van der Waals surface area contributed by atoms with Gasteiger partial charge in [0.05, 0.1) is 59.3 Å². The molecule has 6 N–H and O–H groups in total. The minimum atomic E-state index is -0.936. The molecule has 41 heavy (non-hydrogen) atoms. The molecule has 1 rings (SSSR count). The molecule has 0 unspecified atom stereocenters. The summed E-state index contributed by atoms with van der Waals surface area (Å²) in [6, 6.07) is 0. The Labute approximate surface area is 242 Å². The van der Waals surface area contributed by atoms with Crippen LogP contribution in [0.3, 0.4) is 0 Å². The summed E-state index contributed by atoms with van der Waals surface area (Å²) in [7, 11) is 0. The number of nitrogens with one attached hydrogen (secondary N) is 1. The van der Waals surface area contributed by atoms with Gasteiger partial charge >= 0.3 is 11.9 Å². The van der Waals surface area contributed by atoms with Crippen molar-refractivity contribution < 1.29 is 48.7 Å². The van der Waals surface area contributed by atoms with Crippen molar-refractivity contribution in [2.75, 3.05) is 131 Å². The third kappa shape index (κ3) is 23.9. The number of carboxylic acid groups (broad SMARTS) is 3. The third-order valence-electron chi connectivity index (χ3n) is 6.04. The molecule has 1 amide bonds. The van der Waals surface area contributed by atoms with E-state index in [1.54, 1.807) is 4.90 Å². The predicted molar refractivity (Wildman–Crippen MR) is 150 cm³/mol. The van der Waals surface area contributed by atoms with Crippen LogP contribution in [0.5, 0.6) is 0 Å². The first-order valence-corrected chi connectivity index (χ1v) is 13.9. The maximum absolute atomic E-state index is 12.6. The molecule has 0 bridgehead atoms. The Morgan fingerprint density at radius 3 is 1.46 bits per heavy atom. The number of rotatable bonds is 18. The van der Waals surface area contributed by atoms with Crippen molar-refractivity contribution in [3.63, 3.8) is 0 Å². The minimum Gasteiger partial charge on any atom is -0.483 e. The molecule has 1 aliphatic rings. The van der Waals surface area contributed by atoms with Crippen LogP contribution in [0, 0.1) is 0 Å². The molecule has 1 aliphatic heterocycles. The van der Waals surface area contributed by atoms with E-state index in [4.69, 9.17) is 29.8 Å². The summed E-state index contributed by atoms with van der Waals surface area (Å²) in [4.78, 5) is 51.5. The van der Waals surface area contributed by atoms with Crippen LogP contribution in [0.2, 0.25) is 0 Å². The highest BCUT2D eigenvalue weighted by atomic mass is 16.5. The van der Waals surface area contributed by atoms with E-state index >= 15 is 0 Å². The zero-order valence-electron chi connectivity index (χ0n) is 24.3. The SMILES string of the molecule is CCN1CCN(CC(=O)O)CCN(CC(=O)O)CCN(CC(=O)NCCOCCOCCOCCN)CC1.O=CO. The van der Waals surface area contributed by atoms with Gasteiger partial charge in [0.1, 0.15) is 0 Å². The second-order valence-corrected chi connectivity index (χ2v) is 9.13. The Morgan fingerprint density at radius 2 is 1.07 bits per heavy atom. The number of likely N-dealkylation sites (N-methyl/N-ethyl adjacent to an activating group) is 1. The van der Waals surface area contributed by atoms with Crippen LogP contribution < -0.4 is 11.1 Å². The van der Waals surface area contributed by atoms with Crippen molar-refractivity contribution in [3.8, 4) is 0 Å². The lowest BCUT2D eigenvalue weighted by molar-refractivity contribution is -0.140. The van der Waals surface area contributed by atoms with E-state index in [1.807, 2.05) is 9.80 Å². The Morgan fingerprint density at radius 1 is 0.707 bits per heavy atom. The topological polar surface area (TPSA) is 208 Å². The van der Waals surface area contributed by atoms with Gasteiger partial charge in [-0.2, -0.15) is 0 Å². The van der Waals surface area contributed by atoms with Crippen molar-refractivity contribution in [1.82, 2.24) is 24.9 Å². The largest absolute Gasteiger partial charge is 0.483 e. The van der Waals surface area contributed by atoms with Crippen LogP contribution in [-0.2, 0) is 33.4 Å². The van der Waals surface area contributed by atoms with Crippen LogP contribution >= 0.6 is 0 Å². The van der Waals surface area contributed by atoms with Gasteiger partial charge in [-0.15, -0.1) is 0 Å². The Hall–Kier alpha value is -2.44. The van der Waals surface area contributed by atoms with Gasteiger partial charge in [-0.3, -0.25) is 33.9 Å². The average molecular weight is 595 g/mol. The van der Waals surface area contributed by atoms with E-state index in [1.165, 1.54) is 0 Å². The summed E-state index contributed by atoms with van der Waals surface area (Å²) in [5, 5.41) is 28.3. The molecule has 0 aromatic rings. The average Bonchev–Trinajstić information content (AvgIpc) is 2.91. The highest BCUT2D eigenvalue weighted by molar-refractivity contribution is 5.78. The van der Waals surface area contributed by atoms with Crippen LogP contribution in [0.4, 0.5) is 0 Å².